The first-order valence-corrected chi connectivity index (χ1v) is 11.5. The van der Waals surface area contributed by atoms with E-state index in [2.05, 4.69) is 9.97 Å². The summed E-state index contributed by atoms with van der Waals surface area (Å²) in [6.07, 6.45) is 2.07. The summed E-state index contributed by atoms with van der Waals surface area (Å²) >= 11 is 6.20. The van der Waals surface area contributed by atoms with Crippen molar-refractivity contribution < 1.29 is 0 Å². The average Bonchev–Trinajstić information content (AvgIpc) is 2.87. The molecular weight excluding hydrogens is 448 g/mol. The van der Waals surface area contributed by atoms with Gasteiger partial charge in [0.15, 0.2) is 0 Å². The maximum atomic E-state index is 12.8. The van der Waals surface area contributed by atoms with Gasteiger partial charge >= 0.3 is 0 Å². The Balaban J connectivity index is 0.000000349. The molecule has 0 atom stereocenters. The molecule has 4 aromatic rings. The average molecular weight is 479 g/mol. The molecule has 0 amide bonds. The van der Waals surface area contributed by atoms with E-state index in [0.29, 0.717) is 10.4 Å². The molecule has 0 radical (unpaired) electrons. The smallest absolute Gasteiger partial charge is 0.264 e. The number of pyridine rings is 1. The normalized spacial score (nSPS) is 9.32. The van der Waals surface area contributed by atoms with Crippen molar-refractivity contribution in [3.8, 4) is 11.8 Å². The summed E-state index contributed by atoms with van der Waals surface area (Å²) in [4.78, 5) is 19.9. The largest absolute Gasteiger partial charge is 0.382 e. The predicted octanol–water partition coefficient (Wildman–Crippen LogP) is 5.77. The number of halogens is 1. The first-order chi connectivity index (χ1) is 16.5. The van der Waals surface area contributed by atoms with Gasteiger partial charge in [-0.15, -0.1) is 0 Å². The molecule has 0 aliphatic carbocycles. The number of nitrogens with two attached hydrogens (primary N) is 2. The Kier molecular flexibility index (Phi) is 11.8. The number of hydrogen-bond donors (Lipinski definition) is 2. The van der Waals surface area contributed by atoms with E-state index in [1.54, 1.807) is 10.6 Å². The Morgan fingerprint density at radius 1 is 1.03 bits per heavy atom. The van der Waals surface area contributed by atoms with Gasteiger partial charge in [-0.05, 0) is 36.1 Å². The van der Waals surface area contributed by atoms with E-state index in [9.17, 15) is 4.79 Å². The Morgan fingerprint density at radius 2 is 1.68 bits per heavy atom. The maximum absolute atomic E-state index is 12.8. The van der Waals surface area contributed by atoms with Crippen LogP contribution < -0.4 is 17.0 Å². The summed E-state index contributed by atoms with van der Waals surface area (Å²) in [6, 6.07) is 19.1. The van der Waals surface area contributed by atoms with Gasteiger partial charge in [0.05, 0.1) is 16.6 Å². The highest BCUT2D eigenvalue weighted by atomic mass is 35.5. The van der Waals surface area contributed by atoms with E-state index in [0.717, 1.165) is 23.2 Å². The number of aryl methyl sites for hydroxylation is 1. The fourth-order valence-electron chi connectivity index (χ4n) is 2.99. The van der Waals surface area contributed by atoms with Crippen LogP contribution in [0.3, 0.4) is 0 Å². The molecule has 0 bridgehead atoms. The molecule has 0 fully saturated rings. The fraction of sp³-hybridized carbons (Fsp3) is 0.231. The van der Waals surface area contributed by atoms with Gasteiger partial charge in [-0.3, -0.25) is 9.36 Å². The third-order valence-corrected chi connectivity index (χ3v) is 4.72. The molecule has 4 rings (SSSR count). The Labute approximate surface area is 205 Å². The van der Waals surface area contributed by atoms with Gasteiger partial charge in [0.25, 0.3) is 5.56 Å². The highest BCUT2D eigenvalue weighted by Gasteiger charge is 2.11. The van der Waals surface area contributed by atoms with Gasteiger partial charge in [0.1, 0.15) is 17.5 Å². The van der Waals surface area contributed by atoms with Gasteiger partial charge in [-0.1, -0.05) is 76.6 Å². The molecule has 178 valence electrons. The second kappa shape index (κ2) is 14.3. The Hall–Kier alpha value is -3.89. The van der Waals surface area contributed by atoms with Crippen LogP contribution in [0.1, 0.15) is 45.9 Å². The van der Waals surface area contributed by atoms with Crippen LogP contribution in [0.25, 0.3) is 16.5 Å². The van der Waals surface area contributed by atoms with E-state index in [-0.39, 0.29) is 22.9 Å². The molecule has 0 aliphatic heterocycles. The van der Waals surface area contributed by atoms with Crippen LogP contribution >= 0.6 is 11.6 Å². The van der Waals surface area contributed by atoms with Gasteiger partial charge in [-0.25, -0.2) is 4.98 Å². The molecule has 2 aromatic carbocycles. The summed E-state index contributed by atoms with van der Waals surface area (Å²) in [5.41, 5.74) is 12.5. The van der Waals surface area contributed by atoms with E-state index >= 15 is 0 Å². The summed E-state index contributed by atoms with van der Waals surface area (Å²) < 4.78 is 1.74. The third-order valence-electron chi connectivity index (χ3n) is 4.41. The minimum absolute atomic E-state index is 0.0591. The van der Waals surface area contributed by atoms with Crippen LogP contribution in [0, 0.1) is 11.3 Å². The third kappa shape index (κ3) is 6.80. The molecule has 0 saturated carbocycles. The van der Waals surface area contributed by atoms with E-state index in [1.165, 1.54) is 6.20 Å². The van der Waals surface area contributed by atoms with Crippen LogP contribution in [0.15, 0.2) is 65.6 Å². The zero-order chi connectivity index (χ0) is 25.7. The molecule has 34 heavy (non-hydrogen) atoms. The van der Waals surface area contributed by atoms with E-state index < -0.39 is 0 Å². The maximum Gasteiger partial charge on any atom is 0.264 e. The van der Waals surface area contributed by atoms with Gasteiger partial charge in [0, 0.05) is 11.4 Å². The lowest BCUT2D eigenvalue weighted by atomic mass is 10.1. The monoisotopic (exact) mass is 478 g/mol. The number of fused-ring (bicyclic) bond motifs is 1. The number of rotatable bonds is 2. The van der Waals surface area contributed by atoms with Crippen molar-refractivity contribution in [2.75, 3.05) is 11.5 Å². The topological polar surface area (TPSA) is 124 Å². The molecule has 4 N–H and O–H groups in total. The van der Waals surface area contributed by atoms with Crippen molar-refractivity contribution in [2.24, 2.45) is 0 Å². The van der Waals surface area contributed by atoms with Crippen molar-refractivity contribution in [3.63, 3.8) is 0 Å². The first-order valence-electron chi connectivity index (χ1n) is 11.1. The van der Waals surface area contributed by atoms with Crippen molar-refractivity contribution in [1.82, 2.24) is 14.5 Å². The van der Waals surface area contributed by atoms with Gasteiger partial charge in [0.2, 0.25) is 5.95 Å². The number of nitriles is 1. The second-order valence-electron chi connectivity index (χ2n) is 6.31. The molecule has 8 heteroatoms. The summed E-state index contributed by atoms with van der Waals surface area (Å²) in [5, 5.41) is 10.3. The van der Waals surface area contributed by atoms with Crippen molar-refractivity contribution >= 4 is 34.1 Å². The minimum atomic E-state index is -0.0591. The molecule has 0 unspecified atom stereocenters. The number of anilines is 2. The SMILES string of the molecule is CC.CC.CCc1cc2cccc(Cl)c2c(=O)n1-c1ccccc1.N#Cc1cnc(N)nc1N. The predicted molar refractivity (Wildman–Crippen MR) is 142 cm³/mol. The van der Waals surface area contributed by atoms with Crippen LogP contribution in [-0.2, 0) is 6.42 Å². The molecule has 7 nitrogen and oxygen atoms in total. The zero-order valence-electron chi connectivity index (χ0n) is 20.2. The standard InChI is InChI=1S/C17H14ClNO.C5H5N5.2C2H6/c1-2-13-11-12-7-6-10-15(18)16(12)17(20)19(13)14-8-4-3-5-9-14;6-1-3-2-9-5(8)10-4(3)7;2*1-2/h3-11H,2H2,1H3;2H,(H4,7,8,9,10);2*1-2H3. The molecule has 0 spiro atoms. The number of nitrogens with zero attached hydrogens (tertiary/aromatic N) is 4. The Bertz CT molecular complexity index is 1300. The summed E-state index contributed by atoms with van der Waals surface area (Å²) in [6.45, 7) is 10.0. The Morgan fingerprint density at radius 3 is 2.24 bits per heavy atom. The molecule has 2 aromatic heterocycles. The lowest BCUT2D eigenvalue weighted by Gasteiger charge is -2.14. The minimum Gasteiger partial charge on any atom is -0.382 e. The van der Waals surface area contributed by atoms with Crippen LogP contribution in [0.2, 0.25) is 5.02 Å². The number of para-hydroxylation sites is 1. The zero-order valence-corrected chi connectivity index (χ0v) is 21.0. The van der Waals surface area contributed by atoms with Crippen molar-refractivity contribution in [3.05, 3.63) is 87.4 Å². The molecule has 2 heterocycles. The quantitative estimate of drug-likeness (QED) is 0.376. The highest BCUT2D eigenvalue weighted by Crippen LogP contribution is 2.22. The summed E-state index contributed by atoms with van der Waals surface area (Å²) in [5.74, 6) is 0.200. The van der Waals surface area contributed by atoms with Crippen molar-refractivity contribution in [2.45, 2.75) is 41.0 Å². The number of aromatic nitrogens is 3. The lowest BCUT2D eigenvalue weighted by molar-refractivity contribution is 0.889. The first kappa shape index (κ1) is 28.1. The van der Waals surface area contributed by atoms with Gasteiger partial charge in [-0.2, -0.15) is 10.2 Å². The van der Waals surface area contributed by atoms with Crippen LogP contribution in [-0.4, -0.2) is 14.5 Å². The van der Waals surface area contributed by atoms with E-state index in [4.69, 9.17) is 28.3 Å². The lowest BCUT2D eigenvalue weighted by Crippen LogP contribution is -2.22. The van der Waals surface area contributed by atoms with Crippen LogP contribution in [0.4, 0.5) is 11.8 Å². The summed E-state index contributed by atoms with van der Waals surface area (Å²) in [7, 11) is 0. The van der Waals surface area contributed by atoms with Crippen LogP contribution in [0.5, 0.6) is 0 Å². The van der Waals surface area contributed by atoms with Crippen molar-refractivity contribution in [1.29, 1.82) is 5.26 Å². The highest BCUT2D eigenvalue weighted by molar-refractivity contribution is 6.35. The van der Waals surface area contributed by atoms with Gasteiger partial charge < -0.3 is 11.5 Å². The number of benzene rings is 2. The fourth-order valence-corrected chi connectivity index (χ4v) is 3.25. The number of hydrogen-bond acceptors (Lipinski definition) is 6. The molecular formula is C26H31ClN6O. The van der Waals surface area contributed by atoms with E-state index in [1.807, 2.05) is 89.2 Å². The molecule has 0 aliphatic rings. The number of nitrogen functional groups attached to an aromatic ring is 2. The molecule has 0 saturated heterocycles. The second-order valence-corrected chi connectivity index (χ2v) is 6.72.